The molecule has 4 rings (SSSR count). The van der Waals surface area contributed by atoms with Gasteiger partial charge in [0.05, 0.1) is 10.6 Å². The molecule has 1 amide bonds. The average molecular weight is 428 g/mol. The van der Waals surface area contributed by atoms with Gasteiger partial charge in [0.1, 0.15) is 0 Å². The number of rotatable bonds is 6. The van der Waals surface area contributed by atoms with Gasteiger partial charge in [-0.15, -0.1) is 0 Å². The fourth-order valence-electron chi connectivity index (χ4n) is 3.31. The highest BCUT2D eigenvalue weighted by molar-refractivity contribution is 8.18. The molecule has 4 nitrogen and oxygen atoms in total. The second kappa shape index (κ2) is 9.67. The van der Waals surface area contributed by atoms with Crippen molar-refractivity contribution < 1.29 is 4.79 Å². The van der Waals surface area contributed by atoms with Gasteiger partial charge in [0.2, 0.25) is 0 Å². The van der Waals surface area contributed by atoms with E-state index < -0.39 is 0 Å². The smallest absolute Gasteiger partial charge is 0.266 e. The van der Waals surface area contributed by atoms with Crippen LogP contribution in [0.2, 0.25) is 0 Å². The normalized spacial score (nSPS) is 16.3. The number of para-hydroxylation sites is 1. The van der Waals surface area contributed by atoms with Crippen LogP contribution in [0.3, 0.4) is 0 Å². The van der Waals surface area contributed by atoms with Crippen LogP contribution in [-0.4, -0.2) is 36.6 Å². The zero-order valence-corrected chi connectivity index (χ0v) is 18.5. The first-order chi connectivity index (χ1) is 15.1. The van der Waals surface area contributed by atoms with Crippen molar-refractivity contribution in [2.75, 3.05) is 25.5 Å². The third-order valence-corrected chi connectivity index (χ3v) is 6.05. The summed E-state index contributed by atoms with van der Waals surface area (Å²) in [6, 6.07) is 28.2. The molecule has 3 aromatic carbocycles. The van der Waals surface area contributed by atoms with E-state index in [1.54, 1.807) is 4.90 Å². The molecule has 1 heterocycles. The van der Waals surface area contributed by atoms with Gasteiger partial charge >= 0.3 is 0 Å². The molecule has 0 unspecified atom stereocenters. The minimum absolute atomic E-state index is 0.00676. The summed E-state index contributed by atoms with van der Waals surface area (Å²) in [5.74, 6) is 0.00676. The quantitative estimate of drug-likeness (QED) is 0.481. The molecular formula is C26H25N3OS. The molecule has 31 heavy (non-hydrogen) atoms. The molecule has 156 valence electrons. The maximum absolute atomic E-state index is 13.3. The molecule has 0 saturated carbocycles. The molecule has 1 aliphatic rings. The topological polar surface area (TPSA) is 35.9 Å². The number of carbonyl (C=O) groups excluding carboxylic acids is 1. The summed E-state index contributed by atoms with van der Waals surface area (Å²) in [6.45, 7) is 0.596. The van der Waals surface area contributed by atoms with Gasteiger partial charge in [-0.25, -0.2) is 4.99 Å². The van der Waals surface area contributed by atoms with Crippen molar-refractivity contribution in [2.24, 2.45) is 4.99 Å². The summed E-state index contributed by atoms with van der Waals surface area (Å²) in [6.07, 6.45) is 2.74. The van der Waals surface area contributed by atoms with Crippen LogP contribution in [0.25, 0.3) is 6.08 Å². The SMILES string of the molecule is CN(C)c1ccc(C=C2SC(=Nc3ccccc3)N(CCc3ccccc3)C2=O)cc1. The lowest BCUT2D eigenvalue weighted by Gasteiger charge is -2.15. The van der Waals surface area contributed by atoms with E-state index in [9.17, 15) is 4.79 Å². The molecule has 0 radical (unpaired) electrons. The second-order valence-electron chi connectivity index (χ2n) is 7.52. The van der Waals surface area contributed by atoms with Crippen molar-refractivity contribution in [2.45, 2.75) is 6.42 Å². The lowest BCUT2D eigenvalue weighted by molar-refractivity contribution is -0.122. The van der Waals surface area contributed by atoms with Crippen LogP contribution < -0.4 is 4.90 Å². The molecule has 5 heteroatoms. The highest BCUT2D eigenvalue weighted by atomic mass is 32.2. The van der Waals surface area contributed by atoms with Gasteiger partial charge < -0.3 is 4.90 Å². The fourth-order valence-corrected chi connectivity index (χ4v) is 4.33. The summed E-state index contributed by atoms with van der Waals surface area (Å²) in [5.41, 5.74) is 4.18. The number of carbonyl (C=O) groups is 1. The van der Waals surface area contributed by atoms with E-state index in [0.29, 0.717) is 11.4 Å². The Kier molecular flexibility index (Phi) is 6.53. The maximum atomic E-state index is 13.3. The van der Waals surface area contributed by atoms with Crippen LogP contribution in [0, 0.1) is 0 Å². The third-order valence-electron chi connectivity index (χ3n) is 5.04. The van der Waals surface area contributed by atoms with Crippen molar-refractivity contribution in [3.8, 4) is 0 Å². The van der Waals surface area contributed by atoms with Crippen molar-refractivity contribution >= 4 is 40.3 Å². The van der Waals surface area contributed by atoms with Gasteiger partial charge in [-0.2, -0.15) is 0 Å². The van der Waals surface area contributed by atoms with E-state index in [1.165, 1.54) is 17.3 Å². The highest BCUT2D eigenvalue weighted by Crippen LogP contribution is 2.34. The largest absolute Gasteiger partial charge is 0.378 e. The molecule has 0 atom stereocenters. The molecule has 0 bridgehead atoms. The number of aliphatic imine (C=N–C) groups is 1. The van der Waals surface area contributed by atoms with Gasteiger partial charge in [0.15, 0.2) is 5.17 Å². The van der Waals surface area contributed by atoms with E-state index in [-0.39, 0.29) is 5.91 Å². The Morgan fingerprint density at radius 1 is 0.903 bits per heavy atom. The fraction of sp³-hybridized carbons (Fsp3) is 0.154. The second-order valence-corrected chi connectivity index (χ2v) is 8.53. The lowest BCUT2D eigenvalue weighted by Crippen LogP contribution is -2.31. The minimum Gasteiger partial charge on any atom is -0.378 e. The number of benzene rings is 3. The standard InChI is InChI=1S/C26H25N3OS/c1-28(2)23-15-13-21(14-16-23)19-24-25(30)29(18-17-20-9-5-3-6-10-20)26(31-24)27-22-11-7-4-8-12-22/h3-16,19H,17-18H2,1-2H3. The number of nitrogens with zero attached hydrogens (tertiary/aromatic N) is 3. The zero-order chi connectivity index (χ0) is 21.6. The van der Waals surface area contributed by atoms with Gasteiger partial charge in [0, 0.05) is 26.3 Å². The van der Waals surface area contributed by atoms with E-state index in [1.807, 2.05) is 80.8 Å². The van der Waals surface area contributed by atoms with Crippen LogP contribution in [0.4, 0.5) is 11.4 Å². The van der Waals surface area contributed by atoms with Gasteiger partial charge in [-0.1, -0.05) is 60.7 Å². The maximum Gasteiger partial charge on any atom is 0.266 e. The molecule has 0 N–H and O–H groups in total. The first kappa shape index (κ1) is 20.9. The number of amides is 1. The number of thioether (sulfide) groups is 1. The van der Waals surface area contributed by atoms with Crippen molar-refractivity contribution in [3.63, 3.8) is 0 Å². The van der Waals surface area contributed by atoms with Crippen LogP contribution in [0.15, 0.2) is 94.8 Å². The predicted octanol–water partition coefficient (Wildman–Crippen LogP) is 5.60. The molecule has 0 aromatic heterocycles. The monoisotopic (exact) mass is 427 g/mol. The van der Waals surface area contributed by atoms with Crippen molar-refractivity contribution in [3.05, 3.63) is 101 Å². The Morgan fingerprint density at radius 2 is 1.55 bits per heavy atom. The van der Waals surface area contributed by atoms with Crippen LogP contribution in [0.5, 0.6) is 0 Å². The zero-order valence-electron chi connectivity index (χ0n) is 17.7. The number of hydrogen-bond donors (Lipinski definition) is 0. The first-order valence-electron chi connectivity index (χ1n) is 10.3. The van der Waals surface area contributed by atoms with Crippen molar-refractivity contribution in [1.29, 1.82) is 0 Å². The van der Waals surface area contributed by atoms with Gasteiger partial charge in [0.25, 0.3) is 5.91 Å². The summed E-state index contributed by atoms with van der Waals surface area (Å²) in [5, 5.41) is 0.725. The van der Waals surface area contributed by atoms with Crippen molar-refractivity contribution in [1.82, 2.24) is 4.90 Å². The summed E-state index contributed by atoms with van der Waals surface area (Å²) in [4.78, 5) is 22.6. The van der Waals surface area contributed by atoms with E-state index in [0.717, 1.165) is 28.5 Å². The molecule has 0 spiro atoms. The van der Waals surface area contributed by atoms with E-state index in [4.69, 9.17) is 4.99 Å². The molecular weight excluding hydrogens is 402 g/mol. The minimum atomic E-state index is 0.00676. The Hall–Kier alpha value is -3.31. The van der Waals surface area contributed by atoms with Gasteiger partial charge in [-0.05, 0) is 59.7 Å². The van der Waals surface area contributed by atoms with Gasteiger partial charge in [-0.3, -0.25) is 9.69 Å². The number of anilines is 1. The predicted molar refractivity (Wildman–Crippen MR) is 132 cm³/mol. The highest BCUT2D eigenvalue weighted by Gasteiger charge is 2.33. The summed E-state index contributed by atoms with van der Waals surface area (Å²) >= 11 is 1.44. The number of hydrogen-bond acceptors (Lipinski definition) is 4. The Labute approximate surface area is 187 Å². The Balaban J connectivity index is 1.60. The molecule has 1 saturated heterocycles. The first-order valence-corrected chi connectivity index (χ1v) is 11.1. The number of amidine groups is 1. The van der Waals surface area contributed by atoms with Crippen LogP contribution >= 0.6 is 11.8 Å². The lowest BCUT2D eigenvalue weighted by atomic mass is 10.1. The Bertz CT molecular complexity index is 1090. The summed E-state index contributed by atoms with van der Waals surface area (Å²) < 4.78 is 0. The Morgan fingerprint density at radius 3 is 2.19 bits per heavy atom. The summed E-state index contributed by atoms with van der Waals surface area (Å²) in [7, 11) is 4.03. The molecule has 0 aliphatic carbocycles. The molecule has 1 fully saturated rings. The van der Waals surface area contributed by atoms with E-state index >= 15 is 0 Å². The third kappa shape index (κ3) is 5.25. The van der Waals surface area contributed by atoms with Crippen LogP contribution in [-0.2, 0) is 11.2 Å². The molecule has 3 aromatic rings. The molecule has 1 aliphatic heterocycles. The average Bonchev–Trinajstić information content (AvgIpc) is 3.08. The van der Waals surface area contributed by atoms with Crippen LogP contribution in [0.1, 0.15) is 11.1 Å². The van der Waals surface area contributed by atoms with E-state index in [2.05, 4.69) is 29.2 Å².